The zero-order valence-corrected chi connectivity index (χ0v) is 11.0. The molecule has 0 aliphatic heterocycles. The lowest BCUT2D eigenvalue weighted by Gasteiger charge is -2.12. The van der Waals surface area contributed by atoms with Gasteiger partial charge in [0.25, 0.3) is 0 Å². The quantitative estimate of drug-likeness (QED) is 0.570. The average molecular weight is 256 g/mol. The predicted molar refractivity (Wildman–Crippen MR) is 68.6 cm³/mol. The first-order valence-corrected chi connectivity index (χ1v) is 6.07. The maximum atomic E-state index is 11.0. The zero-order chi connectivity index (χ0) is 13.7. The van der Waals surface area contributed by atoms with Gasteiger partial charge in [-0.2, -0.15) is 5.10 Å². The second kappa shape index (κ2) is 6.34. The van der Waals surface area contributed by atoms with E-state index in [1.807, 2.05) is 13.8 Å². The molecule has 0 bridgehead atoms. The van der Waals surface area contributed by atoms with Gasteiger partial charge in [0.15, 0.2) is 0 Å². The highest BCUT2D eigenvalue weighted by Crippen LogP contribution is 2.28. The minimum atomic E-state index is -0.409. The molecule has 0 amide bonds. The van der Waals surface area contributed by atoms with E-state index in [4.69, 9.17) is 5.11 Å². The van der Waals surface area contributed by atoms with Crippen LogP contribution in [-0.2, 0) is 6.54 Å². The number of nitrogens with zero attached hydrogens (tertiary/aromatic N) is 3. The molecular weight excluding hydrogens is 236 g/mol. The van der Waals surface area contributed by atoms with Crippen LogP contribution < -0.4 is 5.32 Å². The molecule has 1 atom stereocenters. The molecule has 18 heavy (non-hydrogen) atoms. The number of nitrogens with one attached hydrogen (secondary N) is 1. The van der Waals surface area contributed by atoms with E-state index in [9.17, 15) is 10.1 Å². The molecule has 1 aromatic heterocycles. The summed E-state index contributed by atoms with van der Waals surface area (Å²) in [6.07, 6.45) is 0.667. The summed E-state index contributed by atoms with van der Waals surface area (Å²) in [6, 6.07) is 0. The van der Waals surface area contributed by atoms with Gasteiger partial charge < -0.3 is 10.4 Å². The molecule has 1 unspecified atom stereocenters. The fraction of sp³-hybridized carbons (Fsp3) is 0.727. The lowest BCUT2D eigenvalue weighted by atomic mass is 10.1. The fourth-order valence-electron chi connectivity index (χ4n) is 1.79. The Bertz CT molecular complexity index is 417. The summed E-state index contributed by atoms with van der Waals surface area (Å²) in [6.45, 7) is 6.77. The standard InChI is InChI=1S/C11H20N4O3/c1-4-14-11(12-7-8(2)5-6-16)10(15(17)18)9(3)13-14/h8,12,16H,4-7H2,1-3H3. The third-order valence-electron chi connectivity index (χ3n) is 2.82. The van der Waals surface area contributed by atoms with Crippen molar-refractivity contribution in [3.63, 3.8) is 0 Å². The molecular formula is C11H20N4O3. The molecule has 0 spiro atoms. The molecule has 0 aliphatic carbocycles. The lowest BCUT2D eigenvalue weighted by Crippen LogP contribution is -2.16. The number of hydrogen-bond donors (Lipinski definition) is 2. The molecule has 0 saturated heterocycles. The molecule has 102 valence electrons. The van der Waals surface area contributed by atoms with Crippen LogP contribution in [-0.4, -0.2) is 33.0 Å². The van der Waals surface area contributed by atoms with Crippen molar-refractivity contribution in [2.24, 2.45) is 5.92 Å². The minimum Gasteiger partial charge on any atom is -0.396 e. The summed E-state index contributed by atoms with van der Waals surface area (Å²) in [5.41, 5.74) is 0.451. The van der Waals surface area contributed by atoms with Crippen LogP contribution in [0.2, 0.25) is 0 Å². The van der Waals surface area contributed by atoms with E-state index in [0.717, 1.165) is 0 Å². The van der Waals surface area contributed by atoms with E-state index in [1.54, 1.807) is 11.6 Å². The van der Waals surface area contributed by atoms with Gasteiger partial charge in [-0.1, -0.05) is 6.92 Å². The summed E-state index contributed by atoms with van der Waals surface area (Å²) in [5.74, 6) is 0.694. The average Bonchev–Trinajstić information content (AvgIpc) is 2.63. The second-order valence-electron chi connectivity index (χ2n) is 4.35. The Morgan fingerprint density at radius 3 is 2.78 bits per heavy atom. The number of aryl methyl sites for hydroxylation is 2. The van der Waals surface area contributed by atoms with Crippen LogP contribution in [0.25, 0.3) is 0 Å². The van der Waals surface area contributed by atoms with E-state index in [1.165, 1.54) is 0 Å². The number of aliphatic hydroxyl groups is 1. The van der Waals surface area contributed by atoms with Gasteiger partial charge in [0, 0.05) is 19.7 Å². The minimum absolute atomic E-state index is 0.0352. The Morgan fingerprint density at radius 1 is 1.61 bits per heavy atom. The molecule has 7 heteroatoms. The predicted octanol–water partition coefficient (Wildman–Crippen LogP) is 1.55. The largest absolute Gasteiger partial charge is 0.396 e. The van der Waals surface area contributed by atoms with Crippen molar-refractivity contribution in [3.8, 4) is 0 Å². The SMILES string of the molecule is CCn1nc(C)c([N+](=O)[O-])c1NCC(C)CCO. The van der Waals surface area contributed by atoms with Crippen molar-refractivity contribution in [2.45, 2.75) is 33.7 Å². The van der Waals surface area contributed by atoms with Crippen LogP contribution in [0.15, 0.2) is 0 Å². The highest BCUT2D eigenvalue weighted by molar-refractivity contribution is 5.59. The Labute approximate surface area is 106 Å². The first-order valence-electron chi connectivity index (χ1n) is 6.07. The summed E-state index contributed by atoms with van der Waals surface area (Å²) < 4.78 is 1.60. The smallest absolute Gasteiger partial charge is 0.333 e. The normalized spacial score (nSPS) is 12.4. The third-order valence-corrected chi connectivity index (χ3v) is 2.82. The second-order valence-corrected chi connectivity index (χ2v) is 4.35. The zero-order valence-electron chi connectivity index (χ0n) is 11.0. The van der Waals surface area contributed by atoms with Gasteiger partial charge in [0.1, 0.15) is 5.69 Å². The summed E-state index contributed by atoms with van der Waals surface area (Å²) in [5, 5.41) is 27.0. The van der Waals surface area contributed by atoms with E-state index >= 15 is 0 Å². The number of anilines is 1. The van der Waals surface area contributed by atoms with Crippen LogP contribution >= 0.6 is 0 Å². The highest BCUT2D eigenvalue weighted by atomic mass is 16.6. The van der Waals surface area contributed by atoms with Gasteiger partial charge in [-0.3, -0.25) is 10.1 Å². The Morgan fingerprint density at radius 2 is 2.28 bits per heavy atom. The molecule has 2 N–H and O–H groups in total. The highest BCUT2D eigenvalue weighted by Gasteiger charge is 2.24. The van der Waals surface area contributed by atoms with Crippen LogP contribution in [0.3, 0.4) is 0 Å². The van der Waals surface area contributed by atoms with Crippen molar-refractivity contribution >= 4 is 11.5 Å². The molecule has 0 aliphatic rings. The Hall–Kier alpha value is -1.63. The van der Waals surface area contributed by atoms with Gasteiger partial charge in [0.05, 0.1) is 4.92 Å². The maximum Gasteiger partial charge on any atom is 0.333 e. The summed E-state index contributed by atoms with van der Waals surface area (Å²) >= 11 is 0. The van der Waals surface area contributed by atoms with Crippen molar-refractivity contribution in [1.29, 1.82) is 0 Å². The number of aromatic nitrogens is 2. The van der Waals surface area contributed by atoms with Gasteiger partial charge in [-0.05, 0) is 26.2 Å². The summed E-state index contributed by atoms with van der Waals surface area (Å²) in [4.78, 5) is 10.6. The maximum absolute atomic E-state index is 11.0. The molecule has 1 aromatic rings. The molecule has 0 fully saturated rings. The Kier molecular flexibility index (Phi) is 5.08. The van der Waals surface area contributed by atoms with E-state index < -0.39 is 4.92 Å². The van der Waals surface area contributed by atoms with Gasteiger partial charge in [-0.25, -0.2) is 4.68 Å². The molecule has 1 rings (SSSR count). The van der Waals surface area contributed by atoms with E-state index in [0.29, 0.717) is 31.0 Å². The number of rotatable bonds is 7. The van der Waals surface area contributed by atoms with Crippen LogP contribution in [0.1, 0.15) is 26.0 Å². The Balaban J connectivity index is 2.88. The first kappa shape index (κ1) is 14.4. The number of hydrogen-bond acceptors (Lipinski definition) is 5. The topological polar surface area (TPSA) is 93.2 Å². The van der Waals surface area contributed by atoms with Gasteiger partial charge in [-0.15, -0.1) is 0 Å². The first-order chi connectivity index (χ1) is 8.51. The molecule has 0 saturated carbocycles. The number of nitro groups is 1. The third kappa shape index (κ3) is 3.19. The summed E-state index contributed by atoms with van der Waals surface area (Å²) in [7, 11) is 0. The van der Waals surface area contributed by atoms with Gasteiger partial charge in [0.2, 0.25) is 5.82 Å². The van der Waals surface area contributed by atoms with Crippen molar-refractivity contribution < 1.29 is 10.0 Å². The van der Waals surface area contributed by atoms with Gasteiger partial charge >= 0.3 is 5.69 Å². The molecule has 7 nitrogen and oxygen atoms in total. The lowest BCUT2D eigenvalue weighted by molar-refractivity contribution is -0.384. The van der Waals surface area contributed by atoms with Crippen molar-refractivity contribution in [1.82, 2.24) is 9.78 Å². The molecule has 0 radical (unpaired) electrons. The van der Waals surface area contributed by atoms with Crippen molar-refractivity contribution in [2.75, 3.05) is 18.5 Å². The van der Waals surface area contributed by atoms with E-state index in [2.05, 4.69) is 10.4 Å². The monoisotopic (exact) mass is 256 g/mol. The molecule has 1 heterocycles. The van der Waals surface area contributed by atoms with Crippen LogP contribution in [0.5, 0.6) is 0 Å². The van der Waals surface area contributed by atoms with Crippen LogP contribution in [0, 0.1) is 23.0 Å². The van der Waals surface area contributed by atoms with Crippen LogP contribution in [0.4, 0.5) is 11.5 Å². The van der Waals surface area contributed by atoms with Crippen molar-refractivity contribution in [3.05, 3.63) is 15.8 Å². The molecule has 0 aromatic carbocycles. The van der Waals surface area contributed by atoms with E-state index in [-0.39, 0.29) is 18.2 Å². The number of aliphatic hydroxyl groups excluding tert-OH is 1. The fourth-order valence-corrected chi connectivity index (χ4v) is 1.79.